The van der Waals surface area contributed by atoms with Crippen molar-refractivity contribution >= 4 is 64.5 Å². The smallest absolute Gasteiger partial charge is 0.312 e. The minimum absolute atomic E-state index is 0.0249. The van der Waals surface area contributed by atoms with Crippen LogP contribution in [0.5, 0.6) is 0 Å². The number of thioether (sulfide) groups is 1. The van der Waals surface area contributed by atoms with Gasteiger partial charge in [0.15, 0.2) is 0 Å². The van der Waals surface area contributed by atoms with Crippen molar-refractivity contribution in [1.29, 1.82) is 0 Å². The highest BCUT2D eigenvalue weighted by molar-refractivity contribution is 7.99. The van der Waals surface area contributed by atoms with Gasteiger partial charge in [-0.15, -0.1) is 0 Å². The Bertz CT molecular complexity index is 1210. The number of hydrogen-bond donors (Lipinski definition) is 2. The molecule has 1 unspecified atom stereocenters. The second-order valence-electron chi connectivity index (χ2n) is 7.39. The van der Waals surface area contributed by atoms with E-state index >= 15 is 0 Å². The van der Waals surface area contributed by atoms with Crippen LogP contribution in [0.2, 0.25) is 15.1 Å². The van der Waals surface area contributed by atoms with Crippen LogP contribution in [0, 0.1) is 0 Å². The zero-order valence-electron chi connectivity index (χ0n) is 18.7. The summed E-state index contributed by atoms with van der Waals surface area (Å²) in [5, 5.41) is 3.66. The molecule has 1 atom stereocenters. The maximum Gasteiger partial charge on any atom is 0.417 e. The molecule has 2 amide bonds. The molecule has 2 aromatic carbocycles. The molecule has 0 aliphatic heterocycles. The fraction of sp³-hybridized carbons (Fsp3) is 0.217. The maximum atomic E-state index is 13.7. The Morgan fingerprint density at radius 3 is 2.14 bits per heavy atom. The number of amides is 2. The first-order valence-electron chi connectivity index (χ1n) is 9.94. The van der Waals surface area contributed by atoms with Crippen molar-refractivity contribution in [1.82, 2.24) is 10.6 Å². The first-order chi connectivity index (χ1) is 17.0. The third kappa shape index (κ3) is 8.59. The fourth-order valence-electron chi connectivity index (χ4n) is 3.04. The summed E-state index contributed by atoms with van der Waals surface area (Å²) in [6, 6.07) is 4.27. The van der Waals surface area contributed by atoms with Crippen molar-refractivity contribution in [3.63, 3.8) is 0 Å². The van der Waals surface area contributed by atoms with Crippen molar-refractivity contribution in [3.05, 3.63) is 86.1 Å². The Labute approximate surface area is 227 Å². The van der Waals surface area contributed by atoms with Crippen molar-refractivity contribution < 1.29 is 35.9 Å². The van der Waals surface area contributed by atoms with Crippen LogP contribution in [0.15, 0.2) is 48.8 Å². The molecule has 0 saturated carbocycles. The SMILES string of the molecule is C=C(NC(=O)CSC)NC(=O)c1ccc(/C=C/C(c2cc(Cl)c(Cl)c(Cl)c2)C(F)(F)F)cc1C(F)(F)F. The van der Waals surface area contributed by atoms with E-state index in [1.54, 1.807) is 6.26 Å². The van der Waals surface area contributed by atoms with E-state index in [9.17, 15) is 35.9 Å². The first kappa shape index (κ1) is 30.9. The summed E-state index contributed by atoms with van der Waals surface area (Å²) >= 11 is 18.6. The summed E-state index contributed by atoms with van der Waals surface area (Å²) in [5.41, 5.74) is -2.88. The number of hydrogen-bond acceptors (Lipinski definition) is 3. The molecule has 0 aromatic heterocycles. The molecule has 0 aliphatic carbocycles. The second kappa shape index (κ2) is 12.5. The number of allylic oxidation sites excluding steroid dienone is 1. The van der Waals surface area contributed by atoms with Gasteiger partial charge < -0.3 is 10.6 Å². The number of carbonyl (C=O) groups is 2. The lowest BCUT2D eigenvalue weighted by atomic mass is 9.96. The minimum Gasteiger partial charge on any atom is -0.312 e. The van der Waals surface area contributed by atoms with E-state index in [1.807, 2.05) is 5.32 Å². The summed E-state index contributed by atoms with van der Waals surface area (Å²) in [4.78, 5) is 24.0. The third-order valence-electron chi connectivity index (χ3n) is 4.62. The molecule has 0 bridgehead atoms. The predicted octanol–water partition coefficient (Wildman–Crippen LogP) is 7.71. The van der Waals surface area contributed by atoms with E-state index < -0.39 is 41.2 Å². The monoisotopic (exact) mass is 604 g/mol. The number of halogens is 9. The summed E-state index contributed by atoms with van der Waals surface area (Å²) in [6.07, 6.45) is -6.77. The molecule has 0 spiro atoms. The standard InChI is InChI=1S/C23H17Cl3F6N2O2S/c1-11(33-19(35)10-37-2)34-21(36)14-5-3-12(7-16(14)23(30,31)32)4-6-15(22(27,28)29)13-8-17(24)20(26)18(25)9-13/h3-9,15H,1,10H2,2H3,(H,33,35)(H,34,36)/b6-4+. The number of nitrogens with one attached hydrogen (secondary N) is 2. The Hall–Kier alpha value is -2.34. The van der Waals surface area contributed by atoms with E-state index in [-0.39, 0.29) is 37.8 Å². The topological polar surface area (TPSA) is 58.2 Å². The Kier molecular flexibility index (Phi) is 10.4. The van der Waals surface area contributed by atoms with E-state index in [0.717, 1.165) is 30.3 Å². The molecule has 0 aliphatic rings. The average Bonchev–Trinajstić information content (AvgIpc) is 2.75. The van der Waals surface area contributed by atoms with Crippen LogP contribution in [-0.4, -0.2) is 30.0 Å². The predicted molar refractivity (Wildman–Crippen MR) is 134 cm³/mol. The number of benzene rings is 2. The van der Waals surface area contributed by atoms with Crippen LogP contribution in [0.1, 0.15) is 33.0 Å². The van der Waals surface area contributed by atoms with Gasteiger partial charge in [0, 0.05) is 0 Å². The molecule has 37 heavy (non-hydrogen) atoms. The van der Waals surface area contributed by atoms with Crippen LogP contribution in [-0.2, 0) is 11.0 Å². The van der Waals surface area contributed by atoms with Crippen molar-refractivity contribution in [2.24, 2.45) is 0 Å². The van der Waals surface area contributed by atoms with Gasteiger partial charge in [-0.3, -0.25) is 9.59 Å². The van der Waals surface area contributed by atoms with Crippen LogP contribution < -0.4 is 10.6 Å². The number of rotatable bonds is 8. The number of alkyl halides is 6. The zero-order chi connectivity index (χ0) is 28.1. The largest absolute Gasteiger partial charge is 0.417 e. The minimum atomic E-state index is -5.03. The summed E-state index contributed by atoms with van der Waals surface area (Å²) in [6.45, 7) is 3.37. The van der Waals surface area contributed by atoms with Crippen LogP contribution in [0.4, 0.5) is 26.3 Å². The molecule has 2 aromatic rings. The van der Waals surface area contributed by atoms with Gasteiger partial charge >= 0.3 is 12.4 Å². The van der Waals surface area contributed by atoms with Gasteiger partial charge in [-0.05, 0) is 41.6 Å². The lowest BCUT2D eigenvalue weighted by Gasteiger charge is -2.19. The highest BCUT2D eigenvalue weighted by Crippen LogP contribution is 2.41. The van der Waals surface area contributed by atoms with Crippen molar-refractivity contribution in [3.8, 4) is 0 Å². The van der Waals surface area contributed by atoms with Gasteiger partial charge in [-0.25, -0.2) is 0 Å². The summed E-state index contributed by atoms with van der Waals surface area (Å²) in [5.74, 6) is -4.34. The summed E-state index contributed by atoms with van der Waals surface area (Å²) < 4.78 is 82.3. The van der Waals surface area contributed by atoms with Gasteiger partial charge in [0.2, 0.25) is 5.91 Å². The molecule has 0 saturated heterocycles. The molecular formula is C23H17Cl3F6N2O2S. The van der Waals surface area contributed by atoms with Gasteiger partial charge in [0.25, 0.3) is 5.91 Å². The molecule has 0 radical (unpaired) electrons. The van der Waals surface area contributed by atoms with Crippen molar-refractivity contribution in [2.45, 2.75) is 18.3 Å². The highest BCUT2D eigenvalue weighted by atomic mass is 35.5. The number of carbonyl (C=O) groups excluding carboxylic acids is 2. The first-order valence-corrected chi connectivity index (χ1v) is 12.5. The molecular weight excluding hydrogens is 589 g/mol. The molecule has 0 fully saturated rings. The van der Waals surface area contributed by atoms with E-state index in [0.29, 0.717) is 12.1 Å². The lowest BCUT2D eigenvalue weighted by molar-refractivity contribution is -0.139. The van der Waals surface area contributed by atoms with E-state index in [1.165, 1.54) is 11.8 Å². The average molecular weight is 606 g/mol. The second-order valence-corrected chi connectivity index (χ2v) is 9.45. The van der Waals surface area contributed by atoms with Gasteiger partial charge in [0.05, 0.1) is 37.9 Å². The van der Waals surface area contributed by atoms with Gasteiger partial charge in [-0.2, -0.15) is 38.1 Å². The van der Waals surface area contributed by atoms with Gasteiger partial charge in [-0.1, -0.05) is 59.6 Å². The van der Waals surface area contributed by atoms with Crippen LogP contribution in [0.25, 0.3) is 6.08 Å². The van der Waals surface area contributed by atoms with Gasteiger partial charge in [0.1, 0.15) is 5.82 Å². The normalized spacial score (nSPS) is 12.9. The van der Waals surface area contributed by atoms with Crippen molar-refractivity contribution in [2.75, 3.05) is 12.0 Å². The maximum absolute atomic E-state index is 13.7. The third-order valence-corrected chi connectivity index (χ3v) is 6.37. The quantitative estimate of drug-likeness (QED) is 0.239. The van der Waals surface area contributed by atoms with Crippen LogP contribution >= 0.6 is 46.6 Å². The summed E-state index contributed by atoms with van der Waals surface area (Å²) in [7, 11) is 0. The van der Waals surface area contributed by atoms with Crippen LogP contribution in [0.3, 0.4) is 0 Å². The zero-order valence-corrected chi connectivity index (χ0v) is 21.7. The Morgan fingerprint density at radius 2 is 1.62 bits per heavy atom. The highest BCUT2D eigenvalue weighted by Gasteiger charge is 2.40. The van der Waals surface area contributed by atoms with E-state index in [2.05, 4.69) is 11.9 Å². The molecule has 0 heterocycles. The van der Waals surface area contributed by atoms with E-state index in [4.69, 9.17) is 34.8 Å². The lowest BCUT2D eigenvalue weighted by Crippen LogP contribution is -2.36. The molecule has 2 N–H and O–H groups in total. The Balaban J connectivity index is 2.40. The Morgan fingerprint density at radius 1 is 1.03 bits per heavy atom. The molecule has 2 rings (SSSR count). The molecule has 200 valence electrons. The molecule has 4 nitrogen and oxygen atoms in total. The fourth-order valence-corrected chi connectivity index (χ4v) is 3.99. The molecule has 14 heteroatoms.